The van der Waals surface area contributed by atoms with Crippen molar-refractivity contribution in [3.05, 3.63) is 29.3 Å². The van der Waals surface area contributed by atoms with Crippen LogP contribution < -0.4 is 4.74 Å². The molecule has 24 heavy (non-hydrogen) atoms. The number of benzene rings is 1. The van der Waals surface area contributed by atoms with Crippen LogP contribution in [0.4, 0.5) is 8.78 Å². The molecular weight excluding hydrogens is 306 g/mol. The molecule has 0 saturated heterocycles. The number of hydrogen-bond donors (Lipinski definition) is 0. The van der Waals surface area contributed by atoms with Crippen LogP contribution in [-0.4, -0.2) is 6.61 Å². The first-order valence-corrected chi connectivity index (χ1v) is 9.81. The van der Waals surface area contributed by atoms with Gasteiger partial charge in [0.05, 0.1) is 6.61 Å². The Morgan fingerprint density at radius 1 is 0.917 bits per heavy atom. The Morgan fingerprint density at radius 3 is 2.25 bits per heavy atom. The minimum atomic E-state index is -0.804. The fraction of sp³-hybridized carbons (Fsp3) is 0.714. The monoisotopic (exact) mass is 336 g/mol. The second-order valence-corrected chi connectivity index (χ2v) is 7.64. The lowest BCUT2D eigenvalue weighted by molar-refractivity contribution is 0.232. The van der Waals surface area contributed by atoms with E-state index in [9.17, 15) is 8.78 Å². The summed E-state index contributed by atoms with van der Waals surface area (Å²) in [4.78, 5) is 0. The Kier molecular flexibility index (Phi) is 6.13. The van der Waals surface area contributed by atoms with E-state index in [2.05, 4.69) is 0 Å². The van der Waals surface area contributed by atoms with Crippen LogP contribution in [0.1, 0.15) is 82.6 Å². The van der Waals surface area contributed by atoms with E-state index in [1.54, 1.807) is 12.1 Å². The zero-order chi connectivity index (χ0) is 16.9. The second kappa shape index (κ2) is 8.31. The molecule has 2 aliphatic carbocycles. The third-order valence-electron chi connectivity index (χ3n) is 6.11. The maximum atomic E-state index is 14.5. The quantitative estimate of drug-likeness (QED) is 0.531. The SMILES string of the molecule is CCCCOc1ccc(C2CCC(C3CCCC3)CC2)c(F)c1F. The molecule has 0 N–H and O–H groups in total. The van der Waals surface area contributed by atoms with Crippen molar-refractivity contribution in [2.75, 3.05) is 6.61 Å². The van der Waals surface area contributed by atoms with Crippen LogP contribution in [0.5, 0.6) is 5.75 Å². The van der Waals surface area contributed by atoms with Crippen LogP contribution in [0.2, 0.25) is 0 Å². The van der Waals surface area contributed by atoms with Gasteiger partial charge in [-0.15, -0.1) is 0 Å². The highest BCUT2D eigenvalue weighted by molar-refractivity contribution is 5.33. The van der Waals surface area contributed by atoms with Gasteiger partial charge in [-0.05, 0) is 61.5 Å². The summed E-state index contributed by atoms with van der Waals surface area (Å²) in [5.41, 5.74) is 0.556. The topological polar surface area (TPSA) is 9.23 Å². The van der Waals surface area contributed by atoms with E-state index in [0.29, 0.717) is 12.2 Å². The summed E-state index contributed by atoms with van der Waals surface area (Å²) in [5.74, 6) is 0.441. The molecule has 1 aromatic carbocycles. The summed E-state index contributed by atoms with van der Waals surface area (Å²) in [6, 6.07) is 3.37. The maximum absolute atomic E-state index is 14.5. The molecular formula is C21H30F2O. The lowest BCUT2D eigenvalue weighted by Crippen LogP contribution is -2.20. The van der Waals surface area contributed by atoms with Crippen LogP contribution in [-0.2, 0) is 0 Å². The van der Waals surface area contributed by atoms with Gasteiger partial charge < -0.3 is 4.74 Å². The van der Waals surface area contributed by atoms with E-state index in [1.807, 2.05) is 6.92 Å². The smallest absolute Gasteiger partial charge is 0.200 e. The van der Waals surface area contributed by atoms with Crippen LogP contribution in [0, 0.1) is 23.5 Å². The van der Waals surface area contributed by atoms with E-state index in [-0.39, 0.29) is 11.7 Å². The van der Waals surface area contributed by atoms with E-state index in [0.717, 1.165) is 37.5 Å². The molecule has 0 amide bonds. The molecule has 0 heterocycles. The van der Waals surface area contributed by atoms with Gasteiger partial charge in [0, 0.05) is 0 Å². The molecule has 0 unspecified atom stereocenters. The average molecular weight is 336 g/mol. The molecule has 0 aliphatic heterocycles. The lowest BCUT2D eigenvalue weighted by atomic mass is 9.73. The Balaban J connectivity index is 1.61. The highest BCUT2D eigenvalue weighted by Gasteiger charge is 2.31. The fourth-order valence-electron chi connectivity index (χ4n) is 4.63. The zero-order valence-corrected chi connectivity index (χ0v) is 14.8. The average Bonchev–Trinajstić information content (AvgIpc) is 3.14. The van der Waals surface area contributed by atoms with Crippen molar-refractivity contribution in [3.8, 4) is 5.75 Å². The molecule has 1 nitrogen and oxygen atoms in total. The van der Waals surface area contributed by atoms with Gasteiger partial charge in [0.1, 0.15) is 0 Å². The first-order chi connectivity index (χ1) is 11.7. The van der Waals surface area contributed by atoms with E-state index >= 15 is 0 Å². The van der Waals surface area contributed by atoms with E-state index < -0.39 is 11.6 Å². The summed E-state index contributed by atoms with van der Waals surface area (Å²) in [6.07, 6.45) is 11.7. The van der Waals surface area contributed by atoms with Crippen LogP contribution in [0.15, 0.2) is 12.1 Å². The molecule has 3 heteroatoms. The molecule has 134 valence electrons. The summed E-state index contributed by atoms with van der Waals surface area (Å²) < 4.78 is 34.1. The molecule has 0 bridgehead atoms. The Hall–Kier alpha value is -1.12. The van der Waals surface area contributed by atoms with Gasteiger partial charge >= 0.3 is 0 Å². The number of unbranched alkanes of at least 4 members (excludes halogenated alkanes) is 1. The van der Waals surface area contributed by atoms with Gasteiger partial charge in [-0.3, -0.25) is 0 Å². The van der Waals surface area contributed by atoms with Crippen molar-refractivity contribution in [2.45, 2.75) is 77.0 Å². The van der Waals surface area contributed by atoms with Gasteiger partial charge in [0.25, 0.3) is 0 Å². The Bertz CT molecular complexity index is 529. The van der Waals surface area contributed by atoms with Gasteiger partial charge in [0.2, 0.25) is 5.82 Å². The summed E-state index contributed by atoms with van der Waals surface area (Å²) >= 11 is 0. The van der Waals surface area contributed by atoms with Gasteiger partial charge in [-0.25, -0.2) is 4.39 Å². The van der Waals surface area contributed by atoms with E-state index in [1.165, 1.54) is 38.5 Å². The van der Waals surface area contributed by atoms with Crippen LogP contribution in [0.3, 0.4) is 0 Å². The summed E-state index contributed by atoms with van der Waals surface area (Å²) in [7, 11) is 0. The normalized spacial score (nSPS) is 25.1. The van der Waals surface area contributed by atoms with Crippen molar-refractivity contribution >= 4 is 0 Å². The Labute approximate surface area is 144 Å². The van der Waals surface area contributed by atoms with Crippen molar-refractivity contribution in [2.24, 2.45) is 11.8 Å². The third-order valence-corrected chi connectivity index (χ3v) is 6.11. The molecule has 0 atom stereocenters. The second-order valence-electron chi connectivity index (χ2n) is 7.64. The molecule has 2 saturated carbocycles. The standard InChI is InChI=1S/C21H30F2O/c1-2-3-14-24-19-13-12-18(20(22)21(19)23)17-10-8-16(9-11-17)15-6-4-5-7-15/h12-13,15-17H,2-11,14H2,1H3. The minimum absolute atomic E-state index is 0.0596. The highest BCUT2D eigenvalue weighted by Crippen LogP contribution is 2.44. The first kappa shape index (κ1) is 17.7. The molecule has 3 rings (SSSR count). The number of ether oxygens (including phenoxy) is 1. The van der Waals surface area contributed by atoms with E-state index in [4.69, 9.17) is 4.74 Å². The minimum Gasteiger partial charge on any atom is -0.490 e. The number of hydrogen-bond acceptors (Lipinski definition) is 1. The third kappa shape index (κ3) is 3.92. The molecule has 1 aromatic rings. The first-order valence-electron chi connectivity index (χ1n) is 9.81. The summed E-state index contributed by atoms with van der Waals surface area (Å²) in [6.45, 7) is 2.49. The van der Waals surface area contributed by atoms with Crippen molar-refractivity contribution in [1.82, 2.24) is 0 Å². The maximum Gasteiger partial charge on any atom is 0.200 e. The molecule has 0 radical (unpaired) electrons. The predicted molar refractivity (Wildman–Crippen MR) is 93.4 cm³/mol. The number of halogens is 2. The van der Waals surface area contributed by atoms with Crippen LogP contribution in [0.25, 0.3) is 0 Å². The van der Waals surface area contributed by atoms with Crippen molar-refractivity contribution < 1.29 is 13.5 Å². The van der Waals surface area contributed by atoms with Crippen molar-refractivity contribution in [1.29, 1.82) is 0 Å². The molecule has 0 spiro atoms. The van der Waals surface area contributed by atoms with Crippen molar-refractivity contribution in [3.63, 3.8) is 0 Å². The van der Waals surface area contributed by atoms with Gasteiger partial charge in [-0.2, -0.15) is 4.39 Å². The highest BCUT2D eigenvalue weighted by atomic mass is 19.2. The fourth-order valence-corrected chi connectivity index (χ4v) is 4.63. The van der Waals surface area contributed by atoms with Gasteiger partial charge in [-0.1, -0.05) is 45.1 Å². The predicted octanol–water partition coefficient (Wildman–Crippen LogP) is 6.61. The summed E-state index contributed by atoms with van der Waals surface area (Å²) in [5, 5.41) is 0. The number of rotatable bonds is 6. The van der Waals surface area contributed by atoms with Gasteiger partial charge in [0.15, 0.2) is 11.6 Å². The lowest BCUT2D eigenvalue weighted by Gasteiger charge is -2.32. The molecule has 0 aromatic heterocycles. The largest absolute Gasteiger partial charge is 0.490 e. The molecule has 2 fully saturated rings. The Morgan fingerprint density at radius 2 is 1.58 bits per heavy atom. The van der Waals surface area contributed by atoms with Crippen LogP contribution >= 0.6 is 0 Å². The molecule has 2 aliphatic rings. The zero-order valence-electron chi connectivity index (χ0n) is 14.8.